The normalized spacial score (nSPS) is 14.5. The first-order valence-electron chi connectivity index (χ1n) is 20.8. The van der Waals surface area contributed by atoms with Crippen molar-refractivity contribution in [3.05, 3.63) is 54.1 Å². The van der Waals surface area contributed by atoms with Gasteiger partial charge in [-0.2, -0.15) is 0 Å². The fourth-order valence-electron chi connectivity index (χ4n) is 6.33. The molecule has 0 aliphatic heterocycles. The number of nitrogens with one attached hydrogen (secondary N) is 7. The van der Waals surface area contributed by atoms with Gasteiger partial charge >= 0.3 is 5.97 Å². The van der Waals surface area contributed by atoms with E-state index in [0.717, 1.165) is 0 Å². The van der Waals surface area contributed by atoms with Crippen LogP contribution in [0, 0.1) is 11.8 Å². The minimum atomic E-state index is -1.67. The Labute approximate surface area is 366 Å². The third kappa shape index (κ3) is 19.4. The van der Waals surface area contributed by atoms with Crippen molar-refractivity contribution in [1.82, 2.24) is 41.9 Å². The molecule has 63 heavy (non-hydrogen) atoms. The van der Waals surface area contributed by atoms with Crippen molar-refractivity contribution in [3.63, 3.8) is 0 Å². The van der Waals surface area contributed by atoms with Crippen molar-refractivity contribution < 1.29 is 48.3 Å². The summed E-state index contributed by atoms with van der Waals surface area (Å²) in [6.45, 7) is 7.13. The third-order valence-electron chi connectivity index (χ3n) is 9.75. The van der Waals surface area contributed by atoms with Crippen LogP contribution in [0.25, 0.3) is 0 Å². The molecule has 0 saturated carbocycles. The number of carboxylic acids is 1. The number of nitrogens with two attached hydrogens (primary N) is 4. The van der Waals surface area contributed by atoms with Crippen molar-refractivity contribution >= 4 is 53.2 Å². The van der Waals surface area contributed by atoms with Crippen LogP contribution in [0.3, 0.4) is 0 Å². The summed E-state index contributed by atoms with van der Waals surface area (Å²) in [5, 5.41) is 25.1. The van der Waals surface area contributed by atoms with E-state index in [4.69, 9.17) is 22.9 Å². The van der Waals surface area contributed by atoms with Crippen LogP contribution in [0.2, 0.25) is 0 Å². The second-order valence-electron chi connectivity index (χ2n) is 16.0. The molecule has 0 aliphatic carbocycles. The van der Waals surface area contributed by atoms with Gasteiger partial charge in [-0.05, 0) is 56.0 Å². The van der Waals surface area contributed by atoms with Gasteiger partial charge in [0, 0.05) is 31.2 Å². The minimum absolute atomic E-state index is 0.0458. The van der Waals surface area contributed by atoms with E-state index in [9.17, 15) is 48.3 Å². The van der Waals surface area contributed by atoms with E-state index in [1.54, 1.807) is 44.2 Å². The van der Waals surface area contributed by atoms with Crippen LogP contribution in [0.5, 0.6) is 0 Å². The number of aromatic amines is 1. The summed E-state index contributed by atoms with van der Waals surface area (Å²) in [5.41, 5.74) is 23.1. The van der Waals surface area contributed by atoms with E-state index < -0.39 is 108 Å². The Morgan fingerprint density at radius 2 is 1.22 bits per heavy atom. The highest BCUT2D eigenvalue weighted by Gasteiger charge is 2.35. The molecular formula is C41H64N12O10. The molecule has 2 rings (SSSR count). The van der Waals surface area contributed by atoms with Gasteiger partial charge in [-0.1, -0.05) is 58.0 Å². The molecule has 0 bridgehead atoms. The lowest BCUT2D eigenvalue weighted by Crippen LogP contribution is -2.61. The van der Waals surface area contributed by atoms with E-state index in [2.05, 4.69) is 41.9 Å². The molecule has 0 spiro atoms. The Morgan fingerprint density at radius 3 is 1.76 bits per heavy atom. The predicted octanol–water partition coefficient (Wildman–Crippen LogP) is -2.51. The number of rotatable bonds is 29. The quantitative estimate of drug-likeness (QED) is 0.0376. The molecule has 0 radical (unpaired) electrons. The summed E-state index contributed by atoms with van der Waals surface area (Å²) in [7, 11) is 0. The maximum atomic E-state index is 14.3. The van der Waals surface area contributed by atoms with Gasteiger partial charge in [0.05, 0.1) is 18.8 Å². The van der Waals surface area contributed by atoms with Gasteiger partial charge in [-0.25, -0.2) is 9.78 Å². The Morgan fingerprint density at radius 1 is 0.667 bits per heavy atom. The van der Waals surface area contributed by atoms with Crippen molar-refractivity contribution in [3.8, 4) is 0 Å². The number of primary amides is 2. The maximum Gasteiger partial charge on any atom is 0.326 e. The van der Waals surface area contributed by atoms with Crippen LogP contribution >= 0.6 is 0 Å². The van der Waals surface area contributed by atoms with Gasteiger partial charge in [0.1, 0.15) is 36.3 Å². The average Bonchev–Trinajstić information content (AvgIpc) is 3.73. The number of unbranched alkanes of at least 4 members (excludes halogenated alkanes) is 1. The number of H-pyrrole nitrogens is 1. The van der Waals surface area contributed by atoms with Gasteiger partial charge in [-0.15, -0.1) is 0 Å². The van der Waals surface area contributed by atoms with Crippen molar-refractivity contribution in [2.45, 2.75) is 128 Å². The number of aliphatic carboxylic acids is 1. The first-order chi connectivity index (χ1) is 29.7. The molecule has 22 nitrogen and oxygen atoms in total. The van der Waals surface area contributed by atoms with Crippen LogP contribution in [-0.4, -0.2) is 117 Å². The number of carbonyl (C=O) groups excluding carboxylic acids is 8. The summed E-state index contributed by atoms with van der Waals surface area (Å²) >= 11 is 0. The Kier molecular flexibility index (Phi) is 22.4. The zero-order valence-electron chi connectivity index (χ0n) is 36.2. The summed E-state index contributed by atoms with van der Waals surface area (Å²) in [4.78, 5) is 124. The highest BCUT2D eigenvalue weighted by molar-refractivity contribution is 5.97. The summed E-state index contributed by atoms with van der Waals surface area (Å²) in [6.07, 6.45) is 2.82. The Balaban J connectivity index is 2.45. The number of carboxylic acid groups (broad SMARTS) is 1. The van der Waals surface area contributed by atoms with Crippen LogP contribution in [-0.2, 0) is 56.0 Å². The summed E-state index contributed by atoms with van der Waals surface area (Å²) < 4.78 is 0. The van der Waals surface area contributed by atoms with Gasteiger partial charge in [-0.3, -0.25) is 38.4 Å². The number of hydrogen-bond acceptors (Lipinski definition) is 12. The van der Waals surface area contributed by atoms with Crippen LogP contribution in [0.4, 0.5) is 0 Å². The number of imidazole rings is 1. The molecule has 8 amide bonds. The molecule has 2 aromatic rings. The molecule has 1 aromatic heterocycles. The van der Waals surface area contributed by atoms with Crippen LogP contribution < -0.4 is 54.8 Å². The van der Waals surface area contributed by atoms with Gasteiger partial charge < -0.3 is 64.9 Å². The molecule has 348 valence electrons. The number of hydrogen-bond donors (Lipinski definition) is 12. The number of carbonyl (C=O) groups is 9. The second-order valence-corrected chi connectivity index (χ2v) is 16.0. The SMILES string of the molecule is CC(C)C[C@H](NC(=O)[C@@H](N)CCC(N)=O)C(=O)N[C@@H](CCCCN)C(=O)N[C@@H](Cc1ccccc1)C(=O)N[C@@H](Cc1cnc[nH]1)C(=O)N[C@H](C(=O)N[C@@H](CC(N)=O)C(=O)O)C(C)C. The highest BCUT2D eigenvalue weighted by atomic mass is 16.4. The highest BCUT2D eigenvalue weighted by Crippen LogP contribution is 2.12. The lowest BCUT2D eigenvalue weighted by molar-refractivity contribution is -0.144. The van der Waals surface area contributed by atoms with Crippen LogP contribution in [0.1, 0.15) is 83.9 Å². The smallest absolute Gasteiger partial charge is 0.326 e. The van der Waals surface area contributed by atoms with E-state index >= 15 is 0 Å². The second kappa shape index (κ2) is 26.8. The first-order valence-corrected chi connectivity index (χ1v) is 20.8. The molecular weight excluding hydrogens is 821 g/mol. The van der Waals surface area contributed by atoms with E-state index in [1.165, 1.54) is 12.5 Å². The zero-order chi connectivity index (χ0) is 47.2. The monoisotopic (exact) mass is 884 g/mol. The molecule has 7 atom stereocenters. The maximum absolute atomic E-state index is 14.3. The van der Waals surface area contributed by atoms with E-state index in [0.29, 0.717) is 30.6 Å². The van der Waals surface area contributed by atoms with Gasteiger partial charge in [0.15, 0.2) is 0 Å². The topological polar surface area (TPSA) is 379 Å². The van der Waals surface area contributed by atoms with Gasteiger partial charge in [0.2, 0.25) is 47.3 Å². The van der Waals surface area contributed by atoms with Crippen LogP contribution in [0.15, 0.2) is 42.9 Å². The largest absolute Gasteiger partial charge is 0.480 e. The summed E-state index contributed by atoms with van der Waals surface area (Å²) in [6, 6.07) is -0.532. The Bertz CT molecular complexity index is 1840. The fourth-order valence-corrected chi connectivity index (χ4v) is 6.33. The molecule has 0 unspecified atom stereocenters. The number of nitrogens with zero attached hydrogens (tertiary/aromatic N) is 1. The summed E-state index contributed by atoms with van der Waals surface area (Å²) in [5.74, 6) is -8.56. The minimum Gasteiger partial charge on any atom is -0.480 e. The molecule has 0 fully saturated rings. The number of aromatic nitrogens is 2. The number of amides is 8. The Hall–Kier alpha value is -6.42. The van der Waals surface area contributed by atoms with E-state index in [-0.39, 0.29) is 44.4 Å². The molecule has 22 heteroatoms. The number of benzene rings is 1. The zero-order valence-corrected chi connectivity index (χ0v) is 36.2. The predicted molar refractivity (Wildman–Crippen MR) is 229 cm³/mol. The van der Waals surface area contributed by atoms with Crippen molar-refractivity contribution in [2.75, 3.05) is 6.54 Å². The molecule has 1 aromatic carbocycles. The van der Waals surface area contributed by atoms with Gasteiger partial charge in [0.25, 0.3) is 0 Å². The molecule has 0 aliphatic rings. The first kappa shape index (κ1) is 52.7. The fraction of sp³-hybridized carbons (Fsp3) is 0.561. The lowest BCUT2D eigenvalue weighted by atomic mass is 10.00. The third-order valence-corrected chi connectivity index (χ3v) is 9.75. The average molecular weight is 885 g/mol. The molecule has 0 saturated heterocycles. The molecule has 16 N–H and O–H groups in total. The standard InChI is InChI=1S/C41H64N12O10/c1-22(2)16-28(49-35(56)26(43)13-14-32(44)54)37(58)48-27(12-8-9-15-42)36(57)50-29(17-24-10-6-5-7-11-24)38(59)51-30(18-25-20-46-21-47-25)39(60)53-34(23(3)4)40(61)52-31(41(62)63)19-33(45)55/h5-7,10-11,20-23,26-31,34H,8-9,12-19,42-43H2,1-4H3,(H2,44,54)(H2,45,55)(H,46,47)(H,48,58)(H,49,56)(H,50,57)(H,51,59)(H,52,61)(H,53,60)(H,62,63)/t26-,27-,28-,29-,30-,31-,34-/m0/s1. The lowest BCUT2D eigenvalue weighted by Gasteiger charge is -2.28. The van der Waals surface area contributed by atoms with Crippen molar-refractivity contribution in [1.29, 1.82) is 0 Å². The molecule has 1 heterocycles. The van der Waals surface area contributed by atoms with Crippen molar-refractivity contribution in [2.24, 2.45) is 34.8 Å². The van der Waals surface area contributed by atoms with E-state index in [1.807, 2.05) is 13.8 Å².